The molecule has 2 aromatic carbocycles. The van der Waals surface area contributed by atoms with E-state index < -0.39 is 0 Å². The summed E-state index contributed by atoms with van der Waals surface area (Å²) in [6.45, 7) is 6.82. The fourth-order valence-corrected chi connectivity index (χ4v) is 4.75. The number of nitrogens with zero attached hydrogens (tertiary/aromatic N) is 3. The van der Waals surface area contributed by atoms with Crippen LogP contribution in [-0.2, 0) is 22.6 Å². The van der Waals surface area contributed by atoms with Crippen molar-refractivity contribution in [3.05, 3.63) is 83.6 Å². The van der Waals surface area contributed by atoms with Crippen LogP contribution in [0.25, 0.3) is 11.1 Å². The lowest BCUT2D eigenvalue weighted by Crippen LogP contribution is -2.44. The minimum Gasteiger partial charge on any atom is -0.383 e. The molecule has 1 unspecified atom stereocenters. The van der Waals surface area contributed by atoms with Crippen LogP contribution >= 0.6 is 0 Å². The first-order valence-electron chi connectivity index (χ1n) is 12.8. The molecule has 3 heterocycles. The van der Waals surface area contributed by atoms with Crippen LogP contribution in [0.4, 0.5) is 5.82 Å². The number of benzene rings is 2. The third kappa shape index (κ3) is 6.53. The normalized spacial score (nSPS) is 20.7. The van der Waals surface area contributed by atoms with Crippen molar-refractivity contribution in [2.45, 2.75) is 25.3 Å². The average Bonchev–Trinajstić information content (AvgIpc) is 3.36. The Balaban J connectivity index is 1.12. The van der Waals surface area contributed by atoms with E-state index in [0.29, 0.717) is 25.4 Å². The number of carbonyl (C=O) groups is 1. The SMILES string of the molecule is CN1CCN(Cc2ccc(-c3ccc(CO[C@H]4COCC4NC(=O)c4cccnc4N)cc3)cc2)CC1. The molecule has 0 radical (unpaired) electrons. The van der Waals surface area contributed by atoms with Crippen LogP contribution in [-0.4, -0.2) is 79.3 Å². The van der Waals surface area contributed by atoms with Crippen LogP contribution in [0.2, 0.25) is 0 Å². The summed E-state index contributed by atoms with van der Waals surface area (Å²) in [5.41, 5.74) is 11.0. The molecule has 8 heteroatoms. The molecule has 0 bridgehead atoms. The van der Waals surface area contributed by atoms with Crippen molar-refractivity contribution in [3.8, 4) is 11.1 Å². The zero-order valence-electron chi connectivity index (χ0n) is 21.3. The molecule has 1 aromatic heterocycles. The number of nitrogen functional groups attached to an aromatic ring is 1. The second-order valence-corrected chi connectivity index (χ2v) is 9.88. The topological polar surface area (TPSA) is 93.0 Å². The molecule has 5 rings (SSSR count). The Hall–Kier alpha value is -3.30. The minimum absolute atomic E-state index is 0.209. The molecule has 0 saturated carbocycles. The molecule has 0 spiro atoms. The molecule has 37 heavy (non-hydrogen) atoms. The van der Waals surface area contributed by atoms with E-state index in [4.69, 9.17) is 15.2 Å². The first kappa shape index (κ1) is 25.4. The number of nitrogens with two attached hydrogens (primary N) is 1. The Morgan fingerprint density at radius 1 is 1.00 bits per heavy atom. The van der Waals surface area contributed by atoms with Crippen molar-refractivity contribution in [2.75, 3.05) is 52.2 Å². The molecular formula is C29H35N5O3. The van der Waals surface area contributed by atoms with Crippen molar-refractivity contribution in [1.29, 1.82) is 0 Å². The lowest BCUT2D eigenvalue weighted by molar-refractivity contribution is 0.0218. The van der Waals surface area contributed by atoms with E-state index in [0.717, 1.165) is 38.3 Å². The van der Waals surface area contributed by atoms with Gasteiger partial charge in [0.05, 0.1) is 31.4 Å². The Morgan fingerprint density at radius 2 is 1.68 bits per heavy atom. The molecule has 1 amide bonds. The first-order chi connectivity index (χ1) is 18.0. The number of hydrogen-bond acceptors (Lipinski definition) is 7. The predicted octanol–water partition coefficient (Wildman–Crippen LogP) is 2.79. The van der Waals surface area contributed by atoms with Crippen molar-refractivity contribution in [1.82, 2.24) is 20.1 Å². The van der Waals surface area contributed by atoms with Gasteiger partial charge >= 0.3 is 0 Å². The number of carbonyl (C=O) groups excluding carboxylic acids is 1. The van der Waals surface area contributed by atoms with E-state index >= 15 is 0 Å². The Kier molecular flexibility index (Phi) is 8.11. The van der Waals surface area contributed by atoms with Crippen LogP contribution in [0, 0.1) is 0 Å². The van der Waals surface area contributed by atoms with Gasteiger partial charge < -0.3 is 25.4 Å². The van der Waals surface area contributed by atoms with Crippen molar-refractivity contribution >= 4 is 11.7 Å². The van der Waals surface area contributed by atoms with Gasteiger partial charge in [-0.1, -0.05) is 48.5 Å². The number of nitrogens with one attached hydrogen (secondary N) is 1. The van der Waals surface area contributed by atoms with Gasteiger partial charge in [-0.25, -0.2) is 4.98 Å². The van der Waals surface area contributed by atoms with Gasteiger partial charge in [0.2, 0.25) is 0 Å². The molecule has 2 aliphatic rings. The van der Waals surface area contributed by atoms with Gasteiger partial charge in [0.1, 0.15) is 11.9 Å². The summed E-state index contributed by atoms with van der Waals surface area (Å²) in [6, 6.07) is 20.4. The van der Waals surface area contributed by atoms with Crippen molar-refractivity contribution < 1.29 is 14.3 Å². The van der Waals surface area contributed by atoms with Gasteiger partial charge in [0.25, 0.3) is 5.91 Å². The number of piperazine rings is 1. The largest absolute Gasteiger partial charge is 0.383 e. The second-order valence-electron chi connectivity index (χ2n) is 9.88. The minimum atomic E-state index is -0.270. The molecule has 0 aliphatic carbocycles. The third-order valence-corrected chi connectivity index (χ3v) is 7.14. The first-order valence-corrected chi connectivity index (χ1v) is 12.8. The fourth-order valence-electron chi connectivity index (χ4n) is 4.75. The molecule has 3 aromatic rings. The Labute approximate surface area is 218 Å². The monoisotopic (exact) mass is 501 g/mol. The molecule has 2 saturated heterocycles. The number of ether oxygens (including phenoxy) is 2. The fraction of sp³-hybridized carbons (Fsp3) is 0.379. The number of likely N-dealkylation sites (N-methyl/N-ethyl adjacent to an activating group) is 1. The predicted molar refractivity (Wildman–Crippen MR) is 144 cm³/mol. The maximum absolute atomic E-state index is 12.6. The summed E-state index contributed by atoms with van der Waals surface area (Å²) in [7, 11) is 2.19. The molecule has 3 N–H and O–H groups in total. The number of rotatable bonds is 8. The number of hydrogen-bond donors (Lipinski definition) is 2. The van der Waals surface area contributed by atoms with Gasteiger partial charge in [-0.2, -0.15) is 0 Å². The van der Waals surface area contributed by atoms with Crippen LogP contribution in [0.5, 0.6) is 0 Å². The number of aromatic nitrogens is 1. The van der Waals surface area contributed by atoms with Gasteiger partial charge in [-0.05, 0) is 41.4 Å². The maximum Gasteiger partial charge on any atom is 0.255 e. The van der Waals surface area contributed by atoms with E-state index in [9.17, 15) is 4.79 Å². The van der Waals surface area contributed by atoms with Gasteiger partial charge in [-0.15, -0.1) is 0 Å². The van der Waals surface area contributed by atoms with E-state index in [1.54, 1.807) is 18.3 Å². The van der Waals surface area contributed by atoms with E-state index in [1.807, 2.05) is 0 Å². The zero-order valence-corrected chi connectivity index (χ0v) is 21.3. The Morgan fingerprint density at radius 3 is 2.35 bits per heavy atom. The summed E-state index contributed by atoms with van der Waals surface area (Å²) in [5, 5.41) is 2.97. The number of anilines is 1. The molecular weight excluding hydrogens is 466 g/mol. The molecule has 8 nitrogen and oxygen atoms in total. The lowest BCUT2D eigenvalue weighted by Gasteiger charge is -2.32. The van der Waals surface area contributed by atoms with E-state index in [2.05, 4.69) is 75.7 Å². The highest BCUT2D eigenvalue weighted by Gasteiger charge is 2.31. The summed E-state index contributed by atoms with van der Waals surface area (Å²) in [5.74, 6) is -0.0604. The van der Waals surface area contributed by atoms with Crippen molar-refractivity contribution in [3.63, 3.8) is 0 Å². The highest BCUT2D eigenvalue weighted by Crippen LogP contribution is 2.22. The molecule has 2 fully saturated rings. The number of amides is 1. The smallest absolute Gasteiger partial charge is 0.255 e. The maximum atomic E-state index is 12.6. The standard InChI is InChI=1S/C29H35N5O3/c1-33-13-15-34(16-14-33)17-21-4-8-23(9-5-21)24-10-6-22(7-11-24)18-37-27-20-36-19-26(27)32-29(35)25-3-2-12-31-28(25)30/h2-12,26-27H,13-20H2,1H3,(H2,30,31)(H,32,35)/t26?,27-/m0/s1. The summed E-state index contributed by atoms with van der Waals surface area (Å²) < 4.78 is 11.7. The zero-order chi connectivity index (χ0) is 25.6. The van der Waals surface area contributed by atoms with Gasteiger partial charge in [0.15, 0.2) is 0 Å². The van der Waals surface area contributed by atoms with Crippen LogP contribution < -0.4 is 11.1 Å². The average molecular weight is 502 g/mol. The Bertz CT molecular complexity index is 1180. The second kappa shape index (κ2) is 11.8. The molecule has 194 valence electrons. The van der Waals surface area contributed by atoms with Gasteiger partial charge in [-0.3, -0.25) is 9.69 Å². The van der Waals surface area contributed by atoms with Crippen molar-refractivity contribution in [2.24, 2.45) is 0 Å². The lowest BCUT2D eigenvalue weighted by atomic mass is 10.0. The summed E-state index contributed by atoms with van der Waals surface area (Å²) in [4.78, 5) is 21.5. The van der Waals surface area contributed by atoms with Crippen LogP contribution in [0.1, 0.15) is 21.5 Å². The van der Waals surface area contributed by atoms with Crippen LogP contribution in [0.3, 0.4) is 0 Å². The number of pyridine rings is 1. The summed E-state index contributed by atoms with van der Waals surface area (Å²) >= 11 is 0. The molecule has 2 aliphatic heterocycles. The highest BCUT2D eigenvalue weighted by atomic mass is 16.5. The highest BCUT2D eigenvalue weighted by molar-refractivity contribution is 5.98. The van der Waals surface area contributed by atoms with Crippen LogP contribution in [0.15, 0.2) is 66.9 Å². The van der Waals surface area contributed by atoms with E-state index in [1.165, 1.54) is 16.7 Å². The van der Waals surface area contributed by atoms with E-state index in [-0.39, 0.29) is 23.9 Å². The van der Waals surface area contributed by atoms with Gasteiger partial charge in [0, 0.05) is 38.9 Å². The molecule has 2 atom stereocenters. The quantitative estimate of drug-likeness (QED) is 0.490. The third-order valence-electron chi connectivity index (χ3n) is 7.14. The summed E-state index contributed by atoms with van der Waals surface area (Å²) in [6.07, 6.45) is 1.33.